The lowest BCUT2D eigenvalue weighted by Gasteiger charge is -2.20. The van der Waals surface area contributed by atoms with Crippen molar-refractivity contribution < 1.29 is 19.8 Å². The molecule has 0 amide bonds. The van der Waals surface area contributed by atoms with Gasteiger partial charge in [0.25, 0.3) is 0 Å². The van der Waals surface area contributed by atoms with E-state index < -0.39 is 11.9 Å². The molecule has 30 heavy (non-hydrogen) atoms. The standard InChI is InChI=1S/C23H31N3O4/c1-24(2)18-6-8-20(22(27)28)16(14-18)10-12-26(5)13-11-17-15-19(25(3)4)7-9-21(17)23(29)30/h6-9,14-15H,10-13H2,1-5H3,(H,27,28)(H,29,30). The van der Waals surface area contributed by atoms with Gasteiger partial charge in [-0.2, -0.15) is 0 Å². The van der Waals surface area contributed by atoms with Crippen LogP contribution in [0.1, 0.15) is 31.8 Å². The molecule has 0 spiro atoms. The number of likely N-dealkylation sites (N-methyl/N-ethyl adjacent to an activating group) is 1. The first-order valence-corrected chi connectivity index (χ1v) is 9.85. The Balaban J connectivity index is 2.08. The zero-order valence-electron chi connectivity index (χ0n) is 18.3. The van der Waals surface area contributed by atoms with Crippen LogP contribution >= 0.6 is 0 Å². The maximum absolute atomic E-state index is 11.6. The third kappa shape index (κ3) is 5.97. The van der Waals surface area contributed by atoms with E-state index in [1.165, 1.54) is 0 Å². The smallest absolute Gasteiger partial charge is 0.335 e. The first-order chi connectivity index (χ1) is 14.1. The number of hydrogen-bond acceptors (Lipinski definition) is 5. The topological polar surface area (TPSA) is 84.3 Å². The summed E-state index contributed by atoms with van der Waals surface area (Å²) in [5.74, 6) is -1.85. The van der Waals surface area contributed by atoms with Crippen LogP contribution < -0.4 is 9.80 Å². The first-order valence-electron chi connectivity index (χ1n) is 9.85. The largest absolute Gasteiger partial charge is 0.478 e. The van der Waals surface area contributed by atoms with Gasteiger partial charge >= 0.3 is 11.9 Å². The molecule has 2 aromatic rings. The predicted octanol–water partition coefficient (Wildman–Crippen LogP) is 2.93. The van der Waals surface area contributed by atoms with Crippen molar-refractivity contribution in [2.75, 3.05) is 58.1 Å². The summed E-state index contributed by atoms with van der Waals surface area (Å²) in [7, 11) is 9.66. The average Bonchev–Trinajstić information content (AvgIpc) is 2.69. The molecule has 0 bridgehead atoms. The molecule has 0 radical (unpaired) electrons. The second kappa shape index (κ2) is 10.1. The van der Waals surface area contributed by atoms with Crippen LogP contribution in [0.5, 0.6) is 0 Å². The molecule has 7 nitrogen and oxygen atoms in total. The Hall–Kier alpha value is -3.06. The second-order valence-corrected chi connectivity index (χ2v) is 7.89. The van der Waals surface area contributed by atoms with Gasteiger partial charge in [0.15, 0.2) is 0 Å². The number of carboxylic acid groups (broad SMARTS) is 2. The van der Waals surface area contributed by atoms with Gasteiger partial charge < -0.3 is 24.9 Å². The van der Waals surface area contributed by atoms with E-state index in [0.29, 0.717) is 37.1 Å². The predicted molar refractivity (Wildman–Crippen MR) is 120 cm³/mol. The summed E-state index contributed by atoms with van der Waals surface area (Å²) in [6.45, 7) is 1.35. The molecule has 0 atom stereocenters. The molecule has 7 heteroatoms. The molecule has 2 aromatic carbocycles. The fraction of sp³-hybridized carbons (Fsp3) is 0.391. The molecule has 0 aliphatic heterocycles. The Morgan fingerprint density at radius 3 is 1.37 bits per heavy atom. The van der Waals surface area contributed by atoms with Crippen LogP contribution in [0.2, 0.25) is 0 Å². The Labute approximate surface area is 178 Å². The molecule has 0 aromatic heterocycles. The van der Waals surface area contributed by atoms with Crippen molar-refractivity contribution in [1.82, 2.24) is 4.90 Å². The summed E-state index contributed by atoms with van der Waals surface area (Å²) in [6, 6.07) is 10.8. The Morgan fingerprint density at radius 2 is 1.07 bits per heavy atom. The molecular formula is C23H31N3O4. The van der Waals surface area contributed by atoms with Crippen LogP contribution in [0.25, 0.3) is 0 Å². The minimum absolute atomic E-state index is 0.320. The SMILES string of the molecule is CN(CCc1cc(N(C)C)ccc1C(=O)O)CCc1cc(N(C)C)ccc1C(=O)O. The van der Waals surface area contributed by atoms with Crippen LogP contribution in [0.3, 0.4) is 0 Å². The highest BCUT2D eigenvalue weighted by molar-refractivity contribution is 5.90. The van der Waals surface area contributed by atoms with E-state index in [-0.39, 0.29) is 0 Å². The quantitative estimate of drug-likeness (QED) is 0.619. The van der Waals surface area contributed by atoms with Gasteiger partial charge in [0, 0.05) is 52.7 Å². The third-order valence-electron chi connectivity index (χ3n) is 5.20. The monoisotopic (exact) mass is 413 g/mol. The van der Waals surface area contributed by atoms with Crippen molar-refractivity contribution in [2.45, 2.75) is 12.8 Å². The van der Waals surface area contributed by atoms with Crippen molar-refractivity contribution in [1.29, 1.82) is 0 Å². The number of benzene rings is 2. The lowest BCUT2D eigenvalue weighted by Crippen LogP contribution is -2.25. The molecule has 0 saturated heterocycles. The highest BCUT2D eigenvalue weighted by Gasteiger charge is 2.14. The van der Waals surface area contributed by atoms with Crippen molar-refractivity contribution in [3.8, 4) is 0 Å². The van der Waals surface area contributed by atoms with Crippen LogP contribution in [0, 0.1) is 0 Å². The van der Waals surface area contributed by atoms with Crippen molar-refractivity contribution >= 4 is 23.3 Å². The third-order valence-corrected chi connectivity index (χ3v) is 5.20. The van der Waals surface area contributed by atoms with Gasteiger partial charge in [0.1, 0.15) is 0 Å². The molecular weight excluding hydrogens is 382 g/mol. The van der Waals surface area contributed by atoms with Gasteiger partial charge in [0.2, 0.25) is 0 Å². The lowest BCUT2D eigenvalue weighted by atomic mass is 10.0. The normalized spacial score (nSPS) is 10.9. The highest BCUT2D eigenvalue weighted by atomic mass is 16.4. The molecule has 0 fully saturated rings. The van der Waals surface area contributed by atoms with Crippen molar-refractivity contribution in [3.63, 3.8) is 0 Å². The van der Waals surface area contributed by atoms with Crippen LogP contribution in [-0.4, -0.2) is 75.4 Å². The molecule has 0 aliphatic carbocycles. The summed E-state index contributed by atoms with van der Waals surface area (Å²) in [5, 5.41) is 19.0. The van der Waals surface area contributed by atoms with E-state index in [0.717, 1.165) is 22.5 Å². The van der Waals surface area contributed by atoms with Gasteiger partial charge in [-0.25, -0.2) is 9.59 Å². The number of hydrogen-bond donors (Lipinski definition) is 2. The molecule has 0 saturated carbocycles. The minimum atomic E-state index is -0.926. The molecule has 0 heterocycles. The fourth-order valence-electron chi connectivity index (χ4n) is 3.28. The Kier molecular flexibility index (Phi) is 7.83. The van der Waals surface area contributed by atoms with Crippen LogP contribution in [-0.2, 0) is 12.8 Å². The van der Waals surface area contributed by atoms with Crippen LogP contribution in [0.15, 0.2) is 36.4 Å². The number of nitrogens with zero attached hydrogens (tertiary/aromatic N) is 3. The summed E-state index contributed by atoms with van der Waals surface area (Å²) in [6.07, 6.45) is 1.20. The average molecular weight is 414 g/mol. The summed E-state index contributed by atoms with van der Waals surface area (Å²) in [5.41, 5.74) is 4.15. The van der Waals surface area contributed by atoms with E-state index >= 15 is 0 Å². The van der Waals surface area contributed by atoms with Gasteiger partial charge in [0.05, 0.1) is 11.1 Å². The zero-order valence-corrected chi connectivity index (χ0v) is 18.3. The van der Waals surface area contributed by atoms with Gasteiger partial charge in [-0.05, 0) is 67.4 Å². The summed E-state index contributed by atoms with van der Waals surface area (Å²) in [4.78, 5) is 29.1. The van der Waals surface area contributed by atoms with E-state index in [4.69, 9.17) is 0 Å². The van der Waals surface area contributed by atoms with Gasteiger partial charge in [-0.1, -0.05) is 0 Å². The van der Waals surface area contributed by atoms with Crippen LogP contribution in [0.4, 0.5) is 11.4 Å². The van der Waals surface area contributed by atoms with Gasteiger partial charge in [-0.3, -0.25) is 0 Å². The van der Waals surface area contributed by atoms with Gasteiger partial charge in [-0.15, -0.1) is 0 Å². The van der Waals surface area contributed by atoms with E-state index in [1.54, 1.807) is 12.1 Å². The fourth-order valence-corrected chi connectivity index (χ4v) is 3.28. The highest BCUT2D eigenvalue weighted by Crippen LogP contribution is 2.21. The number of carboxylic acids is 2. The molecule has 162 valence electrons. The van der Waals surface area contributed by atoms with E-state index in [1.807, 2.05) is 69.3 Å². The second-order valence-electron chi connectivity index (χ2n) is 7.89. The lowest BCUT2D eigenvalue weighted by molar-refractivity contribution is 0.0685. The van der Waals surface area contributed by atoms with E-state index in [2.05, 4.69) is 4.90 Å². The molecule has 0 aliphatic rings. The maximum Gasteiger partial charge on any atom is 0.335 e. The number of anilines is 2. The summed E-state index contributed by atoms with van der Waals surface area (Å²) < 4.78 is 0. The van der Waals surface area contributed by atoms with Crippen molar-refractivity contribution in [2.24, 2.45) is 0 Å². The minimum Gasteiger partial charge on any atom is -0.478 e. The summed E-state index contributed by atoms with van der Waals surface area (Å²) >= 11 is 0. The van der Waals surface area contributed by atoms with E-state index in [9.17, 15) is 19.8 Å². The Morgan fingerprint density at radius 1 is 0.700 bits per heavy atom. The first kappa shape index (κ1) is 23.2. The zero-order chi connectivity index (χ0) is 22.4. The maximum atomic E-state index is 11.6. The van der Waals surface area contributed by atoms with Crippen molar-refractivity contribution in [3.05, 3.63) is 58.7 Å². The Bertz CT molecular complexity index is 836. The number of rotatable bonds is 10. The molecule has 2 rings (SSSR count). The molecule has 0 unspecified atom stereocenters. The number of aromatic carboxylic acids is 2. The number of carbonyl (C=O) groups is 2. The molecule has 2 N–H and O–H groups in total.